The van der Waals surface area contributed by atoms with Gasteiger partial charge >= 0.3 is 6.18 Å². The number of methoxy groups -OCH3 is 2. The normalized spacial score (nSPS) is 16.0. The Bertz CT molecular complexity index is 1340. The van der Waals surface area contributed by atoms with Crippen molar-refractivity contribution in [3.63, 3.8) is 0 Å². The Morgan fingerprint density at radius 3 is 2.32 bits per heavy atom. The van der Waals surface area contributed by atoms with Crippen LogP contribution in [0, 0.1) is 0 Å². The number of halogens is 3. The molecule has 0 amide bonds. The van der Waals surface area contributed by atoms with E-state index in [2.05, 4.69) is 24.3 Å². The van der Waals surface area contributed by atoms with Gasteiger partial charge in [0.05, 0.1) is 25.2 Å². The molecule has 0 unspecified atom stereocenters. The molecule has 0 spiro atoms. The largest absolute Gasteiger partial charge is 0.496 e. The van der Waals surface area contributed by atoms with E-state index in [4.69, 9.17) is 9.47 Å². The fraction of sp³-hybridized carbons (Fsp3) is 0.310. The van der Waals surface area contributed by atoms with Gasteiger partial charge in [0.25, 0.3) is 0 Å². The molecular formula is C29H27F3O2. The highest BCUT2D eigenvalue weighted by atomic mass is 19.4. The summed E-state index contributed by atoms with van der Waals surface area (Å²) in [6.07, 6.45) is 0.597. The number of benzene rings is 4. The lowest BCUT2D eigenvalue weighted by Crippen LogP contribution is -2.11. The minimum atomic E-state index is -4.29. The van der Waals surface area contributed by atoms with Crippen LogP contribution in [0.1, 0.15) is 47.4 Å². The number of fused-ring (bicyclic) bond motifs is 5. The van der Waals surface area contributed by atoms with Gasteiger partial charge < -0.3 is 9.47 Å². The highest BCUT2D eigenvalue weighted by Crippen LogP contribution is 2.44. The van der Waals surface area contributed by atoms with Crippen LogP contribution in [0.4, 0.5) is 13.2 Å². The van der Waals surface area contributed by atoms with Crippen molar-refractivity contribution < 1.29 is 22.6 Å². The van der Waals surface area contributed by atoms with E-state index in [1.807, 2.05) is 12.1 Å². The van der Waals surface area contributed by atoms with Crippen LogP contribution in [0.2, 0.25) is 0 Å². The van der Waals surface area contributed by atoms with E-state index in [0.29, 0.717) is 5.92 Å². The van der Waals surface area contributed by atoms with Crippen molar-refractivity contribution in [3.8, 4) is 11.5 Å². The van der Waals surface area contributed by atoms with Gasteiger partial charge in [0, 0.05) is 0 Å². The maximum Gasteiger partial charge on any atom is 0.416 e. The van der Waals surface area contributed by atoms with Gasteiger partial charge in [-0.15, -0.1) is 0 Å². The summed E-state index contributed by atoms with van der Waals surface area (Å²) in [6.45, 7) is 0. The van der Waals surface area contributed by atoms with E-state index in [1.165, 1.54) is 34.0 Å². The molecule has 0 saturated carbocycles. The van der Waals surface area contributed by atoms with E-state index >= 15 is 0 Å². The Hall–Kier alpha value is -3.21. The van der Waals surface area contributed by atoms with Crippen molar-refractivity contribution in [3.05, 3.63) is 82.9 Å². The number of hydrogen-bond acceptors (Lipinski definition) is 2. The molecule has 4 aromatic rings. The molecule has 176 valence electrons. The first-order chi connectivity index (χ1) is 16.4. The molecule has 5 heteroatoms. The van der Waals surface area contributed by atoms with E-state index < -0.39 is 11.7 Å². The second-order valence-corrected chi connectivity index (χ2v) is 9.01. The molecule has 2 nitrogen and oxygen atoms in total. The third-order valence-corrected chi connectivity index (χ3v) is 7.15. The minimum Gasteiger partial charge on any atom is -0.496 e. The fourth-order valence-electron chi connectivity index (χ4n) is 5.47. The van der Waals surface area contributed by atoms with Crippen LogP contribution in [0.3, 0.4) is 0 Å². The molecule has 0 aromatic heterocycles. The van der Waals surface area contributed by atoms with Gasteiger partial charge in [0.15, 0.2) is 0 Å². The predicted molar refractivity (Wildman–Crippen MR) is 130 cm³/mol. The number of aryl methyl sites for hydroxylation is 2. The summed E-state index contributed by atoms with van der Waals surface area (Å²) in [5.74, 6) is 1.99. The summed E-state index contributed by atoms with van der Waals surface area (Å²) in [4.78, 5) is 0. The highest BCUT2D eigenvalue weighted by Gasteiger charge is 2.30. The molecule has 0 bridgehead atoms. The Morgan fingerprint density at radius 2 is 1.62 bits per heavy atom. The summed E-state index contributed by atoms with van der Waals surface area (Å²) in [5, 5.41) is 4.50. The number of hydrogen-bond donors (Lipinski definition) is 0. The zero-order valence-electron chi connectivity index (χ0n) is 19.3. The van der Waals surface area contributed by atoms with E-state index in [-0.39, 0.29) is 0 Å². The average molecular weight is 465 g/mol. The number of alkyl halides is 3. The monoisotopic (exact) mass is 464 g/mol. The average Bonchev–Trinajstić information content (AvgIpc) is 2.85. The second kappa shape index (κ2) is 8.86. The highest BCUT2D eigenvalue weighted by molar-refractivity contribution is 6.13. The van der Waals surface area contributed by atoms with Gasteiger partial charge in [-0.25, -0.2) is 0 Å². The standard InChI is InChI=1S/C29H27F3O2/c1-33-26-8-4-7-24-23-16-15-21-19(12-9-18-10-13-20(14-11-18)29(30,31)32)5-3-6-22(21)25(23)17-27(34-2)28(24)26/h4,7-8,10-11,13-17,19H,3,5-6,9,12H2,1-2H3/t19-/m0/s1. The van der Waals surface area contributed by atoms with Crippen molar-refractivity contribution in [2.24, 2.45) is 0 Å². The topological polar surface area (TPSA) is 18.5 Å². The number of rotatable bonds is 5. The summed E-state index contributed by atoms with van der Waals surface area (Å²) in [6, 6.07) is 18.2. The van der Waals surface area contributed by atoms with Gasteiger partial charge in [-0.1, -0.05) is 36.4 Å². The van der Waals surface area contributed by atoms with Crippen LogP contribution in [-0.2, 0) is 19.0 Å². The third-order valence-electron chi connectivity index (χ3n) is 7.15. The van der Waals surface area contributed by atoms with Crippen molar-refractivity contribution >= 4 is 21.5 Å². The van der Waals surface area contributed by atoms with Crippen LogP contribution in [0.5, 0.6) is 11.5 Å². The molecule has 34 heavy (non-hydrogen) atoms. The van der Waals surface area contributed by atoms with E-state index in [9.17, 15) is 13.2 Å². The maximum absolute atomic E-state index is 12.9. The van der Waals surface area contributed by atoms with Crippen molar-refractivity contribution in [1.82, 2.24) is 0 Å². The Balaban J connectivity index is 1.50. The van der Waals surface area contributed by atoms with Crippen molar-refractivity contribution in [2.45, 2.75) is 44.2 Å². The van der Waals surface area contributed by atoms with Gasteiger partial charge in [-0.3, -0.25) is 0 Å². The SMILES string of the molecule is COc1cccc2c1c(OC)cc1c3c(ccc12)[C@H](CCc1ccc(C(F)(F)F)cc1)CCC3. The lowest BCUT2D eigenvalue weighted by molar-refractivity contribution is -0.137. The first-order valence-corrected chi connectivity index (χ1v) is 11.7. The van der Waals surface area contributed by atoms with Crippen molar-refractivity contribution in [2.75, 3.05) is 14.2 Å². The zero-order valence-corrected chi connectivity index (χ0v) is 19.3. The van der Waals surface area contributed by atoms with Crippen LogP contribution < -0.4 is 9.47 Å². The van der Waals surface area contributed by atoms with Crippen LogP contribution in [0.15, 0.2) is 60.7 Å². The minimum absolute atomic E-state index is 0.391. The summed E-state index contributed by atoms with van der Waals surface area (Å²) in [7, 11) is 3.36. The summed E-state index contributed by atoms with van der Waals surface area (Å²) in [5.41, 5.74) is 3.07. The van der Waals surface area contributed by atoms with Gasteiger partial charge in [-0.2, -0.15) is 13.2 Å². The molecule has 5 rings (SSSR count). The smallest absolute Gasteiger partial charge is 0.416 e. The Kier molecular flexibility index (Phi) is 5.88. The zero-order chi connectivity index (χ0) is 23.9. The molecule has 0 fully saturated rings. The lowest BCUT2D eigenvalue weighted by Gasteiger charge is -2.27. The quantitative estimate of drug-likeness (QED) is 0.278. The van der Waals surface area contributed by atoms with Gasteiger partial charge in [-0.05, 0) is 95.1 Å². The van der Waals surface area contributed by atoms with Gasteiger partial charge in [0.2, 0.25) is 0 Å². The molecule has 0 saturated heterocycles. The van der Waals surface area contributed by atoms with Crippen LogP contribution >= 0.6 is 0 Å². The van der Waals surface area contributed by atoms with Crippen LogP contribution in [0.25, 0.3) is 21.5 Å². The number of ether oxygens (including phenoxy) is 2. The van der Waals surface area contributed by atoms with E-state index in [0.717, 1.165) is 59.9 Å². The molecule has 4 aromatic carbocycles. The molecule has 1 aliphatic rings. The van der Waals surface area contributed by atoms with Crippen molar-refractivity contribution in [1.29, 1.82) is 0 Å². The second-order valence-electron chi connectivity index (χ2n) is 9.01. The Labute approximate surface area is 197 Å². The fourth-order valence-corrected chi connectivity index (χ4v) is 5.47. The third kappa shape index (κ3) is 3.97. The Morgan fingerprint density at radius 1 is 0.853 bits per heavy atom. The molecule has 1 aliphatic carbocycles. The molecule has 0 heterocycles. The maximum atomic E-state index is 12.9. The summed E-state index contributed by atoms with van der Waals surface area (Å²) < 4.78 is 50.0. The molecular weight excluding hydrogens is 437 g/mol. The predicted octanol–water partition coefficient (Wildman–Crippen LogP) is 8.08. The molecule has 0 aliphatic heterocycles. The van der Waals surface area contributed by atoms with Gasteiger partial charge in [0.1, 0.15) is 11.5 Å². The lowest BCUT2D eigenvalue weighted by atomic mass is 9.77. The first-order valence-electron chi connectivity index (χ1n) is 11.7. The van der Waals surface area contributed by atoms with E-state index in [1.54, 1.807) is 26.4 Å². The molecule has 0 N–H and O–H groups in total. The molecule has 0 radical (unpaired) electrons. The summed E-state index contributed by atoms with van der Waals surface area (Å²) >= 11 is 0. The van der Waals surface area contributed by atoms with Crippen LogP contribution in [-0.4, -0.2) is 14.2 Å². The molecule has 1 atom stereocenters. The first kappa shape index (κ1) is 22.6.